The van der Waals surface area contributed by atoms with E-state index in [0.29, 0.717) is 24.4 Å². The van der Waals surface area contributed by atoms with Crippen molar-refractivity contribution in [1.82, 2.24) is 10.3 Å². The number of aryl methyl sites for hydroxylation is 1. The third-order valence-corrected chi connectivity index (χ3v) is 4.79. The molecule has 0 unspecified atom stereocenters. The fourth-order valence-corrected chi connectivity index (χ4v) is 3.26. The minimum atomic E-state index is -0.159. The Kier molecular flexibility index (Phi) is 5.24. The second-order valence-electron chi connectivity index (χ2n) is 6.98. The van der Waals surface area contributed by atoms with E-state index in [1.807, 2.05) is 55.5 Å². The fourth-order valence-electron chi connectivity index (χ4n) is 3.26. The van der Waals surface area contributed by atoms with E-state index in [1.54, 1.807) is 23.4 Å². The number of hydrogen-bond acceptors (Lipinski definition) is 4. The molecule has 2 heterocycles. The highest BCUT2D eigenvalue weighted by Gasteiger charge is 2.25. The average Bonchev–Trinajstić information content (AvgIpc) is 2.75. The SMILES string of the molecule is Cc1ccc2c(c1)N(Cc1cccc(C(=O)NCc3ccncc3)c1)C(=O)CO2. The van der Waals surface area contributed by atoms with Crippen molar-refractivity contribution in [2.45, 2.75) is 20.0 Å². The highest BCUT2D eigenvalue weighted by Crippen LogP contribution is 2.33. The molecule has 4 rings (SSSR count). The number of rotatable bonds is 5. The van der Waals surface area contributed by atoms with Crippen LogP contribution in [0.15, 0.2) is 67.0 Å². The molecule has 6 nitrogen and oxygen atoms in total. The van der Waals surface area contributed by atoms with Gasteiger partial charge in [-0.25, -0.2) is 0 Å². The minimum Gasteiger partial charge on any atom is -0.482 e. The summed E-state index contributed by atoms with van der Waals surface area (Å²) in [5.41, 5.74) is 4.23. The summed E-state index contributed by atoms with van der Waals surface area (Å²) in [5, 5.41) is 2.91. The van der Waals surface area contributed by atoms with Gasteiger partial charge in [0.05, 0.1) is 12.2 Å². The van der Waals surface area contributed by atoms with Crippen molar-refractivity contribution in [3.05, 3.63) is 89.2 Å². The molecule has 2 amide bonds. The lowest BCUT2D eigenvalue weighted by atomic mass is 10.1. The molecular formula is C23H21N3O3. The monoisotopic (exact) mass is 387 g/mol. The van der Waals surface area contributed by atoms with Crippen LogP contribution in [0.1, 0.15) is 27.0 Å². The predicted molar refractivity (Wildman–Crippen MR) is 110 cm³/mol. The van der Waals surface area contributed by atoms with Crippen LogP contribution in [0.5, 0.6) is 5.75 Å². The van der Waals surface area contributed by atoms with Crippen LogP contribution in [0.3, 0.4) is 0 Å². The van der Waals surface area contributed by atoms with Crippen LogP contribution >= 0.6 is 0 Å². The van der Waals surface area contributed by atoms with Gasteiger partial charge in [0, 0.05) is 24.5 Å². The molecule has 1 N–H and O–H groups in total. The van der Waals surface area contributed by atoms with Gasteiger partial charge in [-0.15, -0.1) is 0 Å². The van der Waals surface area contributed by atoms with Crippen LogP contribution in [0.25, 0.3) is 0 Å². The lowest BCUT2D eigenvalue weighted by Gasteiger charge is -2.29. The van der Waals surface area contributed by atoms with Gasteiger partial charge in [0.15, 0.2) is 6.61 Å². The Balaban J connectivity index is 1.50. The first-order chi connectivity index (χ1) is 14.1. The summed E-state index contributed by atoms with van der Waals surface area (Å²) in [6, 6.07) is 16.8. The Hall–Kier alpha value is -3.67. The van der Waals surface area contributed by atoms with Crippen molar-refractivity contribution < 1.29 is 14.3 Å². The maximum absolute atomic E-state index is 12.5. The summed E-state index contributed by atoms with van der Waals surface area (Å²) >= 11 is 0. The maximum atomic E-state index is 12.5. The number of ether oxygens (including phenoxy) is 1. The molecule has 0 fully saturated rings. The van der Waals surface area contributed by atoms with Gasteiger partial charge in [-0.3, -0.25) is 14.6 Å². The summed E-state index contributed by atoms with van der Waals surface area (Å²) in [7, 11) is 0. The average molecular weight is 387 g/mol. The van der Waals surface area contributed by atoms with E-state index >= 15 is 0 Å². The van der Waals surface area contributed by atoms with Crippen LogP contribution in [-0.2, 0) is 17.9 Å². The van der Waals surface area contributed by atoms with Gasteiger partial charge in [0.2, 0.25) is 0 Å². The molecule has 0 atom stereocenters. The Morgan fingerprint density at radius 2 is 1.93 bits per heavy atom. The first-order valence-electron chi connectivity index (χ1n) is 9.40. The Bertz CT molecular complexity index is 1050. The van der Waals surface area contributed by atoms with E-state index in [1.165, 1.54) is 0 Å². The number of nitrogens with zero attached hydrogens (tertiary/aromatic N) is 2. The number of aromatic nitrogens is 1. The van der Waals surface area contributed by atoms with E-state index in [0.717, 1.165) is 22.4 Å². The number of anilines is 1. The molecule has 29 heavy (non-hydrogen) atoms. The summed E-state index contributed by atoms with van der Waals surface area (Å²) in [4.78, 5) is 30.7. The molecule has 2 aromatic carbocycles. The smallest absolute Gasteiger partial charge is 0.265 e. The number of benzene rings is 2. The molecular weight excluding hydrogens is 366 g/mol. The lowest BCUT2D eigenvalue weighted by molar-refractivity contribution is -0.121. The first-order valence-corrected chi connectivity index (χ1v) is 9.40. The second-order valence-corrected chi connectivity index (χ2v) is 6.98. The molecule has 3 aromatic rings. The predicted octanol–water partition coefficient (Wildman–Crippen LogP) is 3.25. The van der Waals surface area contributed by atoms with E-state index in [9.17, 15) is 9.59 Å². The van der Waals surface area contributed by atoms with Crippen molar-refractivity contribution in [3.8, 4) is 5.75 Å². The number of nitrogens with one attached hydrogen (secondary N) is 1. The maximum Gasteiger partial charge on any atom is 0.265 e. The van der Waals surface area contributed by atoms with Gasteiger partial charge < -0.3 is 15.0 Å². The van der Waals surface area contributed by atoms with Gasteiger partial charge in [-0.1, -0.05) is 18.2 Å². The lowest BCUT2D eigenvalue weighted by Crippen LogP contribution is -2.38. The van der Waals surface area contributed by atoms with Crippen LogP contribution in [0, 0.1) is 6.92 Å². The highest BCUT2D eigenvalue weighted by atomic mass is 16.5. The number of hydrogen-bond donors (Lipinski definition) is 1. The summed E-state index contributed by atoms with van der Waals surface area (Å²) in [6.07, 6.45) is 3.39. The molecule has 0 radical (unpaired) electrons. The molecule has 146 valence electrons. The van der Waals surface area contributed by atoms with Crippen molar-refractivity contribution >= 4 is 17.5 Å². The first kappa shape index (κ1) is 18.7. The van der Waals surface area contributed by atoms with Crippen LogP contribution in [-0.4, -0.2) is 23.4 Å². The second kappa shape index (κ2) is 8.14. The highest BCUT2D eigenvalue weighted by molar-refractivity contribution is 5.98. The summed E-state index contributed by atoms with van der Waals surface area (Å²) in [5.74, 6) is 0.435. The van der Waals surface area contributed by atoms with Crippen LogP contribution in [0.2, 0.25) is 0 Å². The third-order valence-electron chi connectivity index (χ3n) is 4.79. The van der Waals surface area contributed by atoms with E-state index in [2.05, 4.69) is 10.3 Å². The van der Waals surface area contributed by atoms with Crippen molar-refractivity contribution in [2.24, 2.45) is 0 Å². The number of carbonyl (C=O) groups excluding carboxylic acids is 2. The third kappa shape index (κ3) is 4.27. The molecule has 1 aromatic heterocycles. The van der Waals surface area contributed by atoms with Crippen molar-refractivity contribution in [1.29, 1.82) is 0 Å². The molecule has 0 aliphatic carbocycles. The largest absolute Gasteiger partial charge is 0.482 e. The molecule has 6 heteroatoms. The molecule has 1 aliphatic heterocycles. The van der Waals surface area contributed by atoms with Gasteiger partial charge in [0.25, 0.3) is 11.8 Å². The van der Waals surface area contributed by atoms with E-state index < -0.39 is 0 Å². The number of carbonyl (C=O) groups is 2. The quantitative estimate of drug-likeness (QED) is 0.730. The standard InChI is InChI=1S/C23H21N3O3/c1-16-5-6-21-20(11-16)26(22(27)15-29-21)14-18-3-2-4-19(12-18)23(28)25-13-17-7-9-24-10-8-17/h2-12H,13-15H2,1H3,(H,25,28). The summed E-state index contributed by atoms with van der Waals surface area (Å²) < 4.78 is 5.53. The number of pyridine rings is 1. The normalized spacial score (nSPS) is 12.9. The van der Waals surface area contributed by atoms with Crippen molar-refractivity contribution in [2.75, 3.05) is 11.5 Å². The van der Waals surface area contributed by atoms with Gasteiger partial charge in [0.1, 0.15) is 5.75 Å². The van der Waals surface area contributed by atoms with E-state index in [4.69, 9.17) is 4.74 Å². The zero-order valence-corrected chi connectivity index (χ0v) is 16.1. The zero-order valence-electron chi connectivity index (χ0n) is 16.1. The molecule has 0 spiro atoms. The summed E-state index contributed by atoms with van der Waals surface area (Å²) in [6.45, 7) is 2.80. The Labute approximate surface area is 169 Å². The van der Waals surface area contributed by atoms with Gasteiger partial charge in [-0.2, -0.15) is 0 Å². The van der Waals surface area contributed by atoms with Crippen LogP contribution in [0.4, 0.5) is 5.69 Å². The number of amides is 2. The molecule has 0 bridgehead atoms. The molecule has 0 saturated carbocycles. The minimum absolute atomic E-state index is 0.0160. The Morgan fingerprint density at radius 3 is 2.76 bits per heavy atom. The molecule has 1 aliphatic rings. The van der Waals surface area contributed by atoms with E-state index in [-0.39, 0.29) is 18.4 Å². The van der Waals surface area contributed by atoms with Gasteiger partial charge in [-0.05, 0) is 60.0 Å². The molecule has 0 saturated heterocycles. The Morgan fingerprint density at radius 1 is 1.10 bits per heavy atom. The zero-order chi connectivity index (χ0) is 20.2. The van der Waals surface area contributed by atoms with Crippen molar-refractivity contribution in [3.63, 3.8) is 0 Å². The fraction of sp³-hybridized carbons (Fsp3) is 0.174. The topological polar surface area (TPSA) is 71.5 Å². The van der Waals surface area contributed by atoms with Crippen LogP contribution < -0.4 is 15.0 Å². The van der Waals surface area contributed by atoms with Gasteiger partial charge >= 0.3 is 0 Å². The number of fused-ring (bicyclic) bond motifs is 1.